The maximum absolute atomic E-state index is 6.36. The smallest absolute Gasteiger partial charge is 0.0464 e. The third-order valence-electron chi connectivity index (χ3n) is 4.09. The summed E-state index contributed by atoms with van der Waals surface area (Å²) in [5.74, 6) is 0.746. The second kappa shape index (κ2) is 7.07. The molecular weight excluding hydrogens is 324 g/mol. The van der Waals surface area contributed by atoms with Gasteiger partial charge in [-0.1, -0.05) is 33.6 Å². The van der Waals surface area contributed by atoms with Gasteiger partial charge in [0.15, 0.2) is 0 Å². The molecule has 0 aliphatic carbocycles. The van der Waals surface area contributed by atoms with Crippen LogP contribution in [0.1, 0.15) is 37.8 Å². The van der Waals surface area contributed by atoms with Crippen LogP contribution in [0.4, 0.5) is 0 Å². The van der Waals surface area contributed by atoms with Crippen molar-refractivity contribution in [2.24, 2.45) is 11.7 Å². The van der Waals surface area contributed by atoms with Gasteiger partial charge < -0.3 is 5.73 Å². The fraction of sp³-hybridized carbons (Fsp3) is 0.600. The predicted molar refractivity (Wildman–Crippen MR) is 85.5 cm³/mol. The Balaban J connectivity index is 2.07. The van der Waals surface area contributed by atoms with Gasteiger partial charge in [-0.3, -0.25) is 4.90 Å². The molecule has 1 saturated heterocycles. The van der Waals surface area contributed by atoms with Crippen LogP contribution in [-0.4, -0.2) is 24.5 Å². The average Bonchev–Trinajstić information content (AvgIpc) is 2.39. The summed E-state index contributed by atoms with van der Waals surface area (Å²) in [6, 6.07) is 6.55. The molecule has 1 aliphatic rings. The minimum absolute atomic E-state index is 0.376. The van der Waals surface area contributed by atoms with Crippen molar-refractivity contribution in [3.05, 3.63) is 33.3 Å². The van der Waals surface area contributed by atoms with Gasteiger partial charge in [0.05, 0.1) is 0 Å². The highest BCUT2D eigenvalue weighted by Gasteiger charge is 2.24. The van der Waals surface area contributed by atoms with Crippen molar-refractivity contribution in [3.8, 4) is 0 Å². The van der Waals surface area contributed by atoms with E-state index in [0.29, 0.717) is 6.04 Å². The highest BCUT2D eigenvalue weighted by atomic mass is 79.9. The Labute approximate surface area is 129 Å². The van der Waals surface area contributed by atoms with Crippen molar-refractivity contribution in [2.45, 2.75) is 32.2 Å². The Kier molecular flexibility index (Phi) is 5.70. The molecule has 1 aromatic carbocycles. The summed E-state index contributed by atoms with van der Waals surface area (Å²) < 4.78 is 1.04. The van der Waals surface area contributed by atoms with E-state index in [2.05, 4.69) is 39.9 Å². The quantitative estimate of drug-likeness (QED) is 0.885. The molecule has 0 aromatic heterocycles. The first-order valence-electron chi connectivity index (χ1n) is 7.01. The van der Waals surface area contributed by atoms with Gasteiger partial charge in [0.25, 0.3) is 0 Å². The number of likely N-dealkylation sites (tertiary alicyclic amines) is 1. The van der Waals surface area contributed by atoms with Gasteiger partial charge in [-0.25, -0.2) is 0 Å². The zero-order valence-corrected chi connectivity index (χ0v) is 13.8. The summed E-state index contributed by atoms with van der Waals surface area (Å²) in [4.78, 5) is 2.54. The zero-order valence-electron chi connectivity index (χ0n) is 11.4. The summed E-state index contributed by atoms with van der Waals surface area (Å²) in [5, 5.41) is 0.850. The molecular formula is C15H22BrClN2. The van der Waals surface area contributed by atoms with Gasteiger partial charge in [-0.15, -0.1) is 0 Å². The molecule has 1 aromatic rings. The molecule has 0 amide bonds. The Morgan fingerprint density at radius 2 is 2.32 bits per heavy atom. The Bertz CT molecular complexity index is 423. The average molecular weight is 346 g/mol. The van der Waals surface area contributed by atoms with E-state index >= 15 is 0 Å². The Morgan fingerprint density at radius 3 is 3.00 bits per heavy atom. The number of rotatable bonds is 4. The van der Waals surface area contributed by atoms with E-state index in [1.165, 1.54) is 18.4 Å². The topological polar surface area (TPSA) is 29.3 Å². The molecule has 2 atom stereocenters. The molecule has 2 rings (SSSR count). The van der Waals surface area contributed by atoms with Crippen molar-refractivity contribution in [1.82, 2.24) is 4.90 Å². The van der Waals surface area contributed by atoms with E-state index in [1.807, 2.05) is 6.07 Å². The third kappa shape index (κ3) is 3.94. The third-order valence-corrected chi connectivity index (χ3v) is 4.91. The maximum atomic E-state index is 6.36. The van der Waals surface area contributed by atoms with Gasteiger partial charge >= 0.3 is 0 Å². The van der Waals surface area contributed by atoms with Crippen LogP contribution in [-0.2, 0) is 0 Å². The number of nitrogens with two attached hydrogens (primary N) is 1. The second-order valence-corrected chi connectivity index (χ2v) is 6.75. The van der Waals surface area contributed by atoms with Crippen LogP contribution < -0.4 is 5.73 Å². The fourth-order valence-electron chi connectivity index (χ4n) is 2.96. The first-order valence-corrected chi connectivity index (χ1v) is 8.18. The lowest BCUT2D eigenvalue weighted by Gasteiger charge is -2.37. The summed E-state index contributed by atoms with van der Waals surface area (Å²) >= 11 is 9.82. The molecule has 2 nitrogen and oxygen atoms in total. The fourth-order valence-corrected chi connectivity index (χ4v) is 3.79. The Hall–Kier alpha value is -0.0900. The molecule has 0 spiro atoms. The number of benzene rings is 1. The van der Waals surface area contributed by atoms with Crippen LogP contribution in [0.5, 0.6) is 0 Å². The van der Waals surface area contributed by atoms with Crippen LogP contribution in [0.25, 0.3) is 0 Å². The van der Waals surface area contributed by atoms with Crippen molar-refractivity contribution in [1.29, 1.82) is 0 Å². The lowest BCUT2D eigenvalue weighted by atomic mass is 9.93. The van der Waals surface area contributed by atoms with E-state index in [4.69, 9.17) is 17.3 Å². The lowest BCUT2D eigenvalue weighted by molar-refractivity contribution is 0.128. The standard InChI is InChI=1S/C15H22BrClN2/c1-11(14-5-4-13(16)9-15(14)17)19-8-2-3-12(10-19)6-7-18/h4-5,9,11-12H,2-3,6-8,10,18H2,1H3. The Morgan fingerprint density at radius 1 is 1.53 bits per heavy atom. The van der Waals surface area contributed by atoms with Gasteiger partial charge in [0.1, 0.15) is 0 Å². The van der Waals surface area contributed by atoms with Crippen LogP contribution in [0.3, 0.4) is 0 Å². The van der Waals surface area contributed by atoms with Crippen molar-refractivity contribution < 1.29 is 0 Å². The number of halogens is 2. The first-order chi connectivity index (χ1) is 9.11. The molecule has 106 valence electrons. The molecule has 0 radical (unpaired) electrons. The van der Waals surface area contributed by atoms with Gasteiger partial charge in [0.2, 0.25) is 0 Å². The number of nitrogens with zero attached hydrogens (tertiary/aromatic N) is 1. The SMILES string of the molecule is CC(c1ccc(Br)cc1Cl)N1CCCC(CCN)C1. The van der Waals surface area contributed by atoms with Crippen molar-refractivity contribution in [2.75, 3.05) is 19.6 Å². The summed E-state index contributed by atoms with van der Waals surface area (Å²) in [7, 11) is 0. The molecule has 0 bridgehead atoms. The number of hydrogen-bond acceptors (Lipinski definition) is 2. The van der Waals surface area contributed by atoms with Crippen LogP contribution in [0.15, 0.2) is 22.7 Å². The molecule has 0 saturated carbocycles. The van der Waals surface area contributed by atoms with Crippen molar-refractivity contribution >= 4 is 27.5 Å². The lowest BCUT2D eigenvalue weighted by Crippen LogP contribution is -2.38. The predicted octanol–water partition coefficient (Wildman–Crippen LogP) is 4.22. The van der Waals surface area contributed by atoms with E-state index in [9.17, 15) is 0 Å². The van der Waals surface area contributed by atoms with E-state index in [-0.39, 0.29) is 0 Å². The van der Waals surface area contributed by atoms with E-state index in [0.717, 1.165) is 41.5 Å². The highest BCUT2D eigenvalue weighted by molar-refractivity contribution is 9.10. The highest BCUT2D eigenvalue weighted by Crippen LogP contribution is 2.32. The number of piperidine rings is 1. The molecule has 19 heavy (non-hydrogen) atoms. The molecule has 2 unspecified atom stereocenters. The number of hydrogen-bond donors (Lipinski definition) is 1. The van der Waals surface area contributed by atoms with E-state index < -0.39 is 0 Å². The van der Waals surface area contributed by atoms with Crippen LogP contribution >= 0.6 is 27.5 Å². The summed E-state index contributed by atoms with van der Waals surface area (Å²) in [6.45, 7) is 5.35. The maximum Gasteiger partial charge on any atom is 0.0464 e. The van der Waals surface area contributed by atoms with Gasteiger partial charge in [-0.2, -0.15) is 0 Å². The largest absolute Gasteiger partial charge is 0.330 e. The zero-order chi connectivity index (χ0) is 13.8. The molecule has 2 N–H and O–H groups in total. The monoisotopic (exact) mass is 344 g/mol. The van der Waals surface area contributed by atoms with Gasteiger partial charge in [-0.05, 0) is 62.9 Å². The molecule has 1 fully saturated rings. The summed E-state index contributed by atoms with van der Waals surface area (Å²) in [5.41, 5.74) is 6.91. The molecule has 1 heterocycles. The minimum atomic E-state index is 0.376. The summed E-state index contributed by atoms with van der Waals surface area (Å²) in [6.07, 6.45) is 3.72. The normalized spacial score (nSPS) is 22.4. The van der Waals surface area contributed by atoms with E-state index in [1.54, 1.807) is 0 Å². The first kappa shape index (κ1) is 15.3. The second-order valence-electron chi connectivity index (χ2n) is 5.42. The van der Waals surface area contributed by atoms with Crippen molar-refractivity contribution in [3.63, 3.8) is 0 Å². The van der Waals surface area contributed by atoms with Crippen LogP contribution in [0.2, 0.25) is 5.02 Å². The minimum Gasteiger partial charge on any atom is -0.330 e. The van der Waals surface area contributed by atoms with Gasteiger partial charge in [0, 0.05) is 22.1 Å². The molecule has 1 aliphatic heterocycles. The molecule has 4 heteroatoms. The van der Waals surface area contributed by atoms with Crippen LogP contribution in [0, 0.1) is 5.92 Å².